The smallest absolute Gasteiger partial charge is 0.125 e. The number of benzene rings is 1. The average Bonchev–Trinajstić information content (AvgIpc) is 2.38. The zero-order chi connectivity index (χ0) is 14.1. The van der Waals surface area contributed by atoms with Crippen LogP contribution in [0.4, 0.5) is 0 Å². The lowest BCUT2D eigenvalue weighted by Gasteiger charge is -2.41. The summed E-state index contributed by atoms with van der Waals surface area (Å²) in [7, 11) is 0. The molecule has 20 heavy (non-hydrogen) atoms. The van der Waals surface area contributed by atoms with Crippen LogP contribution in [0.5, 0.6) is 5.75 Å². The highest BCUT2D eigenvalue weighted by Gasteiger charge is 2.30. The number of nitrogens with zero attached hydrogens (tertiary/aromatic N) is 3. The minimum absolute atomic E-state index is 0.240. The lowest BCUT2D eigenvalue weighted by atomic mass is 9.94. The summed E-state index contributed by atoms with van der Waals surface area (Å²) in [6.45, 7) is 6.54. The molecule has 0 radical (unpaired) electrons. The first kappa shape index (κ1) is 13.1. The Kier molecular flexibility index (Phi) is 3.40. The molecule has 2 heterocycles. The van der Waals surface area contributed by atoms with Crippen molar-refractivity contribution in [2.45, 2.75) is 25.8 Å². The normalized spacial score (nSPS) is 16.4. The molecule has 0 spiro atoms. The van der Waals surface area contributed by atoms with Gasteiger partial charge in [-0.15, -0.1) is 0 Å². The van der Waals surface area contributed by atoms with Crippen molar-refractivity contribution in [3.8, 4) is 17.0 Å². The van der Waals surface area contributed by atoms with Crippen LogP contribution < -0.4 is 0 Å². The van der Waals surface area contributed by atoms with E-state index in [1.54, 1.807) is 12.1 Å². The van der Waals surface area contributed by atoms with E-state index in [0.29, 0.717) is 17.7 Å². The number of aromatic hydroxyl groups is 1. The van der Waals surface area contributed by atoms with Gasteiger partial charge in [0.15, 0.2) is 0 Å². The highest BCUT2D eigenvalue weighted by Crippen LogP contribution is 2.29. The van der Waals surface area contributed by atoms with Crippen molar-refractivity contribution in [2.24, 2.45) is 0 Å². The first-order valence-electron chi connectivity index (χ1n) is 7.01. The van der Waals surface area contributed by atoms with Crippen LogP contribution in [0, 0.1) is 0 Å². The van der Waals surface area contributed by atoms with E-state index in [0.717, 1.165) is 24.3 Å². The number of phenolic OH excluding ortho intramolecular Hbond substituents is 1. The molecule has 3 rings (SSSR count). The van der Waals surface area contributed by atoms with E-state index >= 15 is 0 Å². The molecule has 2 aromatic rings. The molecule has 104 valence electrons. The third-order valence-corrected chi connectivity index (χ3v) is 3.92. The number of likely N-dealkylation sites (tertiary alicyclic amines) is 1. The molecule has 1 saturated heterocycles. The zero-order valence-corrected chi connectivity index (χ0v) is 11.8. The number of aromatic nitrogens is 2. The largest absolute Gasteiger partial charge is 0.507 e. The van der Waals surface area contributed by atoms with Gasteiger partial charge in [-0.1, -0.05) is 12.1 Å². The van der Waals surface area contributed by atoms with Crippen LogP contribution in [0.25, 0.3) is 11.3 Å². The SMILES string of the molecule is CC(C)N1CC(c2ccc(-c3ccccc3O)nn2)C1. The second-order valence-corrected chi connectivity index (χ2v) is 5.61. The van der Waals surface area contributed by atoms with Crippen molar-refractivity contribution in [3.05, 3.63) is 42.1 Å². The average molecular weight is 269 g/mol. The van der Waals surface area contributed by atoms with E-state index in [4.69, 9.17) is 0 Å². The lowest BCUT2D eigenvalue weighted by molar-refractivity contribution is 0.107. The van der Waals surface area contributed by atoms with Crippen molar-refractivity contribution in [2.75, 3.05) is 13.1 Å². The molecule has 1 N–H and O–H groups in total. The second kappa shape index (κ2) is 5.21. The van der Waals surface area contributed by atoms with Gasteiger partial charge >= 0.3 is 0 Å². The molecule has 1 fully saturated rings. The Morgan fingerprint density at radius 1 is 1.10 bits per heavy atom. The van der Waals surface area contributed by atoms with Crippen LogP contribution in [0.1, 0.15) is 25.5 Å². The van der Waals surface area contributed by atoms with Crippen LogP contribution >= 0.6 is 0 Å². The van der Waals surface area contributed by atoms with Crippen LogP contribution in [-0.2, 0) is 0 Å². The van der Waals surface area contributed by atoms with Crippen LogP contribution in [0.2, 0.25) is 0 Å². The Bertz CT molecular complexity index is 589. The predicted molar refractivity (Wildman–Crippen MR) is 78.6 cm³/mol. The van der Waals surface area contributed by atoms with E-state index in [9.17, 15) is 5.11 Å². The van der Waals surface area contributed by atoms with E-state index in [-0.39, 0.29) is 5.75 Å². The van der Waals surface area contributed by atoms with Crippen molar-refractivity contribution in [3.63, 3.8) is 0 Å². The summed E-state index contributed by atoms with van der Waals surface area (Å²) in [6.07, 6.45) is 0. The van der Waals surface area contributed by atoms with E-state index in [1.165, 1.54) is 0 Å². The van der Waals surface area contributed by atoms with Gasteiger partial charge in [0.2, 0.25) is 0 Å². The van der Waals surface area contributed by atoms with Crippen molar-refractivity contribution in [1.29, 1.82) is 0 Å². The number of para-hydroxylation sites is 1. The van der Waals surface area contributed by atoms with E-state index in [2.05, 4.69) is 28.9 Å². The highest BCUT2D eigenvalue weighted by atomic mass is 16.3. The summed E-state index contributed by atoms with van der Waals surface area (Å²) >= 11 is 0. The summed E-state index contributed by atoms with van der Waals surface area (Å²) in [5.74, 6) is 0.729. The quantitative estimate of drug-likeness (QED) is 0.930. The monoisotopic (exact) mass is 269 g/mol. The van der Waals surface area contributed by atoms with Gasteiger partial charge in [0.05, 0.1) is 11.4 Å². The molecule has 0 saturated carbocycles. The number of hydrogen-bond donors (Lipinski definition) is 1. The molecule has 1 aliphatic rings. The molecule has 0 aliphatic carbocycles. The molecule has 0 bridgehead atoms. The van der Waals surface area contributed by atoms with Gasteiger partial charge in [-0.3, -0.25) is 4.90 Å². The standard InChI is InChI=1S/C16H19N3O/c1-11(2)19-9-12(10-19)14-7-8-15(18-17-14)13-5-3-4-6-16(13)20/h3-8,11-12,20H,9-10H2,1-2H3. The van der Waals surface area contributed by atoms with Gasteiger partial charge in [-0.05, 0) is 38.1 Å². The fraction of sp³-hybridized carbons (Fsp3) is 0.375. The van der Waals surface area contributed by atoms with Gasteiger partial charge in [-0.2, -0.15) is 10.2 Å². The molecule has 0 unspecified atom stereocenters. The molecule has 1 aliphatic heterocycles. The summed E-state index contributed by atoms with van der Waals surface area (Å²) in [5.41, 5.74) is 2.48. The van der Waals surface area contributed by atoms with Gasteiger partial charge in [0.1, 0.15) is 5.75 Å². The predicted octanol–water partition coefficient (Wildman–Crippen LogP) is 2.66. The molecule has 0 amide bonds. The van der Waals surface area contributed by atoms with Crippen molar-refractivity contribution < 1.29 is 5.11 Å². The molecule has 4 nitrogen and oxygen atoms in total. The third-order valence-electron chi connectivity index (χ3n) is 3.92. The fourth-order valence-electron chi connectivity index (χ4n) is 2.52. The number of hydrogen-bond acceptors (Lipinski definition) is 4. The maximum Gasteiger partial charge on any atom is 0.125 e. The van der Waals surface area contributed by atoms with E-state index < -0.39 is 0 Å². The summed E-state index contributed by atoms with van der Waals surface area (Å²) in [6, 6.07) is 11.8. The first-order chi connectivity index (χ1) is 9.65. The Labute approximate surface area is 119 Å². The van der Waals surface area contributed by atoms with Crippen LogP contribution in [-0.4, -0.2) is 39.3 Å². The first-order valence-corrected chi connectivity index (χ1v) is 7.01. The zero-order valence-electron chi connectivity index (χ0n) is 11.8. The van der Waals surface area contributed by atoms with E-state index in [1.807, 2.05) is 24.3 Å². The lowest BCUT2D eigenvalue weighted by Crippen LogP contribution is -2.48. The van der Waals surface area contributed by atoms with Crippen molar-refractivity contribution in [1.82, 2.24) is 15.1 Å². The topological polar surface area (TPSA) is 49.2 Å². The highest BCUT2D eigenvalue weighted by molar-refractivity contribution is 5.65. The molecule has 0 atom stereocenters. The van der Waals surface area contributed by atoms with Gasteiger partial charge in [0.25, 0.3) is 0 Å². The molecule has 1 aromatic heterocycles. The summed E-state index contributed by atoms with van der Waals surface area (Å²) < 4.78 is 0. The second-order valence-electron chi connectivity index (χ2n) is 5.61. The Balaban J connectivity index is 1.75. The number of phenols is 1. The molecular formula is C16H19N3O. The maximum absolute atomic E-state index is 9.82. The van der Waals surface area contributed by atoms with Crippen LogP contribution in [0.15, 0.2) is 36.4 Å². The Hall–Kier alpha value is -1.94. The summed E-state index contributed by atoms with van der Waals surface area (Å²) in [5, 5.41) is 18.4. The minimum Gasteiger partial charge on any atom is -0.507 e. The third kappa shape index (κ3) is 2.39. The Morgan fingerprint density at radius 3 is 2.45 bits per heavy atom. The van der Waals surface area contributed by atoms with Gasteiger partial charge < -0.3 is 5.11 Å². The number of rotatable bonds is 3. The minimum atomic E-state index is 0.240. The fourth-order valence-corrected chi connectivity index (χ4v) is 2.52. The van der Waals surface area contributed by atoms with Gasteiger partial charge in [-0.25, -0.2) is 0 Å². The molecule has 4 heteroatoms. The summed E-state index contributed by atoms with van der Waals surface area (Å²) in [4.78, 5) is 2.42. The van der Waals surface area contributed by atoms with Gasteiger partial charge in [0, 0.05) is 30.6 Å². The molecular weight excluding hydrogens is 250 g/mol. The molecule has 1 aromatic carbocycles. The maximum atomic E-state index is 9.82. The van der Waals surface area contributed by atoms with Crippen LogP contribution in [0.3, 0.4) is 0 Å². The Morgan fingerprint density at radius 2 is 1.85 bits per heavy atom. The van der Waals surface area contributed by atoms with Crippen molar-refractivity contribution >= 4 is 0 Å².